The lowest BCUT2D eigenvalue weighted by Gasteiger charge is -2.36. The Kier molecular flexibility index (Phi) is 11.6. The molecule has 204 valence electrons. The van der Waals surface area contributed by atoms with Crippen molar-refractivity contribution >= 4 is 51.4 Å². The summed E-state index contributed by atoms with van der Waals surface area (Å²) in [6.45, 7) is 11.5. The van der Waals surface area contributed by atoms with Crippen LogP contribution in [0.15, 0.2) is 59.5 Å². The van der Waals surface area contributed by atoms with E-state index in [1.807, 2.05) is 30.3 Å². The molecule has 37 heavy (non-hydrogen) atoms. The Morgan fingerprint density at radius 2 is 1.43 bits per heavy atom. The molecule has 0 aromatic heterocycles. The first-order chi connectivity index (χ1) is 17.3. The predicted octanol–water partition coefficient (Wildman–Crippen LogP) is 7.35. The van der Waals surface area contributed by atoms with Gasteiger partial charge in [-0.3, -0.25) is 0 Å². The van der Waals surface area contributed by atoms with Crippen molar-refractivity contribution in [3.8, 4) is 0 Å². The van der Waals surface area contributed by atoms with E-state index >= 15 is 0 Å². The third-order valence-corrected chi connectivity index (χ3v) is 12.8. The van der Waals surface area contributed by atoms with Crippen LogP contribution >= 0.6 is 15.9 Å². The van der Waals surface area contributed by atoms with Crippen LogP contribution in [0.25, 0.3) is 11.1 Å². The zero-order valence-corrected chi connectivity index (χ0v) is 26.1. The van der Waals surface area contributed by atoms with E-state index < -0.39 is 24.3 Å². The largest absolute Gasteiger partial charge is 0.508 e. The number of unbranched alkanes of at least 4 members (excludes halogenated alkanes) is 1. The molecule has 0 N–H and O–H groups in total. The summed E-state index contributed by atoms with van der Waals surface area (Å²) in [5, 5.41) is 0.859. The summed E-state index contributed by atoms with van der Waals surface area (Å²) in [7, 11) is -5.45. The number of carbonyl (C=O) groups excluding carboxylic acids is 1. The zero-order chi connectivity index (χ0) is 27.7. The molecule has 0 saturated heterocycles. The van der Waals surface area contributed by atoms with E-state index in [4.69, 9.17) is 13.9 Å². The van der Waals surface area contributed by atoms with Gasteiger partial charge in [0.25, 0.3) is 0 Å². The Balaban J connectivity index is 2.51. The second kappa shape index (κ2) is 13.7. The summed E-state index contributed by atoms with van der Waals surface area (Å²) < 4.78 is 41.4. The number of hydrogen-bond donors (Lipinski definition) is 0. The van der Waals surface area contributed by atoms with Gasteiger partial charge in [0.1, 0.15) is 6.61 Å². The maximum atomic E-state index is 12.4. The van der Waals surface area contributed by atoms with Crippen molar-refractivity contribution in [3.05, 3.63) is 65.7 Å². The van der Waals surface area contributed by atoms with Gasteiger partial charge in [0.15, 0.2) is 18.2 Å². The molecule has 0 aliphatic rings. The van der Waals surface area contributed by atoms with Gasteiger partial charge in [-0.25, -0.2) is 13.2 Å². The Hall–Kier alpha value is -1.94. The van der Waals surface area contributed by atoms with Crippen molar-refractivity contribution in [2.24, 2.45) is 0 Å². The van der Waals surface area contributed by atoms with Gasteiger partial charge in [-0.2, -0.15) is 0 Å². The lowest BCUT2D eigenvalue weighted by molar-refractivity contribution is 0.0637. The first-order valence-corrected chi connectivity index (χ1v) is 18.3. The maximum Gasteiger partial charge on any atom is 0.508 e. The van der Waals surface area contributed by atoms with Gasteiger partial charge in [0, 0.05) is 17.2 Å². The molecule has 0 saturated carbocycles. The highest BCUT2D eigenvalue weighted by Gasteiger charge is 2.37. The van der Waals surface area contributed by atoms with E-state index in [0.717, 1.165) is 40.4 Å². The summed E-state index contributed by atoms with van der Waals surface area (Å²) in [6.07, 6.45) is 2.08. The fourth-order valence-corrected chi connectivity index (χ4v) is 5.19. The highest BCUT2D eigenvalue weighted by atomic mass is 79.9. The smallest absolute Gasteiger partial charge is 0.434 e. The van der Waals surface area contributed by atoms with E-state index in [0.29, 0.717) is 6.61 Å². The van der Waals surface area contributed by atoms with Crippen molar-refractivity contribution in [3.63, 3.8) is 0 Å². The average molecular weight is 612 g/mol. The molecule has 0 unspecified atom stereocenters. The van der Waals surface area contributed by atoms with Crippen LogP contribution in [0.2, 0.25) is 18.1 Å². The minimum Gasteiger partial charge on any atom is -0.434 e. The standard InChI is InChI=1S/C28H39BrO6SSi/c1-28(2,3)37(5,6)35-21-26(22-12-8-7-9-13-22)25(20-34-27(30)33-19-11-10-18-29)23-14-16-24(17-15-23)36(4,31)32/h7-9,12-17H,10-11,18-21H2,1-6H3/b26-25-. The third-order valence-electron chi connectivity index (χ3n) is 6.58. The Morgan fingerprint density at radius 3 is 1.97 bits per heavy atom. The van der Waals surface area contributed by atoms with E-state index in [1.165, 1.54) is 6.26 Å². The van der Waals surface area contributed by atoms with Gasteiger partial charge >= 0.3 is 6.16 Å². The fraction of sp³-hybridized carbons (Fsp3) is 0.464. The minimum absolute atomic E-state index is 0.0154. The number of benzene rings is 2. The lowest BCUT2D eigenvalue weighted by atomic mass is 9.95. The van der Waals surface area contributed by atoms with E-state index in [-0.39, 0.29) is 23.1 Å². The van der Waals surface area contributed by atoms with Crippen LogP contribution in [0, 0.1) is 0 Å². The molecule has 0 aliphatic carbocycles. The number of ether oxygens (including phenoxy) is 2. The molecular weight excluding hydrogens is 572 g/mol. The molecule has 6 nitrogen and oxygen atoms in total. The summed E-state index contributed by atoms with van der Waals surface area (Å²) in [5.41, 5.74) is 3.31. The molecule has 2 rings (SSSR count). The number of rotatable bonds is 12. The van der Waals surface area contributed by atoms with E-state index in [2.05, 4.69) is 49.8 Å². The fourth-order valence-electron chi connectivity index (χ4n) is 3.23. The van der Waals surface area contributed by atoms with Gasteiger partial charge in [0.2, 0.25) is 0 Å². The van der Waals surface area contributed by atoms with Crippen molar-refractivity contribution < 1.29 is 27.1 Å². The van der Waals surface area contributed by atoms with Crippen molar-refractivity contribution in [2.75, 3.05) is 31.4 Å². The highest BCUT2D eigenvalue weighted by Crippen LogP contribution is 2.38. The number of carbonyl (C=O) groups is 1. The number of hydrogen-bond acceptors (Lipinski definition) is 6. The topological polar surface area (TPSA) is 78.9 Å². The molecule has 0 bridgehead atoms. The van der Waals surface area contributed by atoms with E-state index in [9.17, 15) is 13.2 Å². The minimum atomic E-state index is -3.35. The molecule has 9 heteroatoms. The zero-order valence-electron chi connectivity index (χ0n) is 22.7. The Morgan fingerprint density at radius 1 is 0.865 bits per heavy atom. The molecule has 0 aliphatic heterocycles. The van der Waals surface area contributed by atoms with Gasteiger partial charge < -0.3 is 13.9 Å². The number of halogens is 1. The predicted molar refractivity (Wildman–Crippen MR) is 156 cm³/mol. The molecule has 0 amide bonds. The highest BCUT2D eigenvalue weighted by molar-refractivity contribution is 9.09. The molecular formula is C28H39BrO6SSi. The molecule has 2 aromatic rings. The summed E-state index contributed by atoms with van der Waals surface area (Å²) in [6, 6.07) is 16.5. The van der Waals surface area contributed by atoms with Gasteiger partial charge in [0.05, 0.1) is 18.1 Å². The number of alkyl halides is 1. The second-order valence-corrected chi connectivity index (χ2v) is 18.1. The normalized spacial score (nSPS) is 13.2. The molecule has 0 fully saturated rings. The van der Waals surface area contributed by atoms with Gasteiger partial charge in [-0.05, 0) is 59.8 Å². The number of sulfone groups is 1. The first-order valence-electron chi connectivity index (χ1n) is 12.3. The molecule has 2 aromatic carbocycles. The first kappa shape index (κ1) is 31.3. The lowest BCUT2D eigenvalue weighted by Crippen LogP contribution is -2.41. The quantitative estimate of drug-likeness (QED) is 0.0821. The summed E-state index contributed by atoms with van der Waals surface area (Å²) >= 11 is 3.36. The van der Waals surface area contributed by atoms with Gasteiger partial charge in [-0.1, -0.05) is 79.2 Å². The van der Waals surface area contributed by atoms with Crippen LogP contribution in [0.4, 0.5) is 4.79 Å². The van der Waals surface area contributed by atoms with Crippen molar-refractivity contribution in [2.45, 2.75) is 56.6 Å². The Bertz CT molecular complexity index is 1150. The van der Waals surface area contributed by atoms with Gasteiger partial charge in [-0.15, -0.1) is 0 Å². The molecule has 0 radical (unpaired) electrons. The Labute approximate surface area is 231 Å². The maximum absolute atomic E-state index is 12.4. The van der Waals surface area contributed by atoms with E-state index in [1.54, 1.807) is 24.3 Å². The van der Waals surface area contributed by atoms with Crippen LogP contribution in [0.5, 0.6) is 0 Å². The molecule has 0 heterocycles. The second-order valence-electron chi connectivity index (χ2n) is 10.5. The van der Waals surface area contributed by atoms with Crippen LogP contribution in [0.3, 0.4) is 0 Å². The van der Waals surface area contributed by atoms with Crippen molar-refractivity contribution in [1.82, 2.24) is 0 Å². The van der Waals surface area contributed by atoms with Crippen molar-refractivity contribution in [1.29, 1.82) is 0 Å². The third kappa shape index (κ3) is 9.70. The monoisotopic (exact) mass is 610 g/mol. The van der Waals surface area contributed by atoms with Crippen LogP contribution in [-0.4, -0.2) is 54.3 Å². The average Bonchev–Trinajstić information content (AvgIpc) is 2.83. The van der Waals surface area contributed by atoms with Crippen LogP contribution in [0.1, 0.15) is 44.7 Å². The molecule has 0 atom stereocenters. The van der Waals surface area contributed by atoms with Crippen LogP contribution in [-0.2, 0) is 23.7 Å². The summed E-state index contributed by atoms with van der Waals surface area (Å²) in [5.74, 6) is 0. The van der Waals surface area contributed by atoms with Crippen LogP contribution < -0.4 is 0 Å². The molecule has 0 spiro atoms. The summed E-state index contributed by atoms with van der Waals surface area (Å²) in [4.78, 5) is 12.6. The SMILES string of the molecule is CC(C)(C)[Si](C)(C)OC/C(=C(\COC(=O)OCCCCBr)c1ccc(S(C)(=O)=O)cc1)c1ccccc1.